The molecule has 2 heterocycles. The number of pyridine rings is 1. The summed E-state index contributed by atoms with van der Waals surface area (Å²) in [5, 5.41) is 0.375. The molecule has 9 nitrogen and oxygen atoms in total. The summed E-state index contributed by atoms with van der Waals surface area (Å²) in [5.41, 5.74) is 1.43. The van der Waals surface area contributed by atoms with Crippen molar-refractivity contribution in [1.82, 2.24) is 4.57 Å². The van der Waals surface area contributed by atoms with Crippen LogP contribution in [0, 0.1) is 0 Å². The lowest BCUT2D eigenvalue weighted by Gasteiger charge is -2.27. The Hall–Kier alpha value is -3.26. The molecule has 1 atom stereocenters. The summed E-state index contributed by atoms with van der Waals surface area (Å²) in [6.07, 6.45) is 3.10. The van der Waals surface area contributed by atoms with E-state index in [1.54, 1.807) is 57.7 Å². The lowest BCUT2D eigenvalue weighted by Crippen LogP contribution is -2.20. The Bertz CT molecular complexity index is 1470. The summed E-state index contributed by atoms with van der Waals surface area (Å²) in [6.45, 7) is 13.2. The highest BCUT2D eigenvalue weighted by molar-refractivity contribution is 7.48. The van der Waals surface area contributed by atoms with Gasteiger partial charge in [-0.2, -0.15) is 0 Å². The smallest absolute Gasteiger partial charge is 0.497 e. The van der Waals surface area contributed by atoms with Gasteiger partial charge in [-0.15, -0.1) is 0 Å². The SMILES string of the molecule is C=C(C)OP(=O)(OCn1cc(-c2ccc(OC)cc2)c(=O)c2c3c(cc(OCCC)c21)CCO3)OC(C)(C)C. The van der Waals surface area contributed by atoms with Crippen LogP contribution in [0.2, 0.25) is 0 Å². The van der Waals surface area contributed by atoms with Crippen molar-refractivity contribution >= 4 is 18.7 Å². The molecule has 0 radical (unpaired) electrons. The summed E-state index contributed by atoms with van der Waals surface area (Å²) in [7, 11) is -2.51. The Kier molecular flexibility index (Phi) is 8.45. The number of nitrogens with zero attached hydrogens (tertiary/aromatic N) is 1. The van der Waals surface area contributed by atoms with E-state index in [4.69, 9.17) is 27.8 Å². The van der Waals surface area contributed by atoms with Crippen LogP contribution < -0.4 is 19.6 Å². The molecule has 0 aliphatic carbocycles. The van der Waals surface area contributed by atoms with E-state index in [0.29, 0.717) is 58.9 Å². The fourth-order valence-corrected chi connectivity index (χ4v) is 5.80. The molecule has 0 N–H and O–H groups in total. The minimum atomic E-state index is -4.09. The molecule has 0 amide bonds. The molecule has 0 saturated heterocycles. The number of rotatable bonds is 11. The van der Waals surface area contributed by atoms with Gasteiger partial charge in [-0.3, -0.25) is 13.8 Å². The molecule has 1 aromatic heterocycles. The second-order valence-corrected chi connectivity index (χ2v) is 11.8. The van der Waals surface area contributed by atoms with Gasteiger partial charge in [0.2, 0.25) is 5.43 Å². The minimum Gasteiger partial charge on any atom is -0.497 e. The number of aromatic nitrogens is 1. The molecular formula is C29H36NO8P. The Labute approximate surface area is 228 Å². The number of fused-ring (bicyclic) bond motifs is 3. The van der Waals surface area contributed by atoms with E-state index in [0.717, 1.165) is 12.0 Å². The first-order valence-electron chi connectivity index (χ1n) is 12.9. The van der Waals surface area contributed by atoms with E-state index in [1.165, 1.54) is 0 Å². The highest BCUT2D eigenvalue weighted by Gasteiger charge is 2.35. The lowest BCUT2D eigenvalue weighted by molar-refractivity contribution is 0.0426. The Morgan fingerprint density at radius 2 is 1.92 bits per heavy atom. The van der Waals surface area contributed by atoms with Crippen LogP contribution in [0.25, 0.3) is 22.0 Å². The van der Waals surface area contributed by atoms with Crippen molar-refractivity contribution in [3.63, 3.8) is 0 Å². The van der Waals surface area contributed by atoms with Crippen LogP contribution in [0.15, 0.2) is 53.7 Å². The van der Waals surface area contributed by atoms with Crippen LogP contribution >= 0.6 is 7.82 Å². The van der Waals surface area contributed by atoms with Crippen molar-refractivity contribution in [2.24, 2.45) is 0 Å². The first-order chi connectivity index (χ1) is 18.4. The molecule has 0 spiro atoms. The predicted molar refractivity (Wildman–Crippen MR) is 151 cm³/mol. The molecule has 210 valence electrons. The van der Waals surface area contributed by atoms with Crippen molar-refractivity contribution in [3.8, 4) is 28.4 Å². The first-order valence-corrected chi connectivity index (χ1v) is 14.3. The first kappa shape index (κ1) is 28.7. The van der Waals surface area contributed by atoms with Gasteiger partial charge in [0.25, 0.3) is 0 Å². The van der Waals surface area contributed by atoms with Crippen LogP contribution in [-0.2, 0) is 31.3 Å². The van der Waals surface area contributed by atoms with Crippen LogP contribution in [0.3, 0.4) is 0 Å². The highest BCUT2D eigenvalue weighted by Crippen LogP contribution is 2.54. The fraction of sp³-hybridized carbons (Fsp3) is 0.414. The van der Waals surface area contributed by atoms with E-state index in [-0.39, 0.29) is 17.9 Å². The zero-order valence-electron chi connectivity index (χ0n) is 23.4. The summed E-state index contributed by atoms with van der Waals surface area (Å²) >= 11 is 0. The zero-order chi connectivity index (χ0) is 28.4. The van der Waals surface area contributed by atoms with Crippen molar-refractivity contribution in [2.45, 2.75) is 59.8 Å². The summed E-state index contributed by atoms with van der Waals surface area (Å²) in [5.74, 6) is 1.89. The number of phosphoric ester groups is 1. The number of hydrogen-bond acceptors (Lipinski definition) is 8. The van der Waals surface area contributed by atoms with Gasteiger partial charge in [-0.1, -0.05) is 25.6 Å². The van der Waals surface area contributed by atoms with Crippen molar-refractivity contribution in [2.75, 3.05) is 20.3 Å². The lowest BCUT2D eigenvalue weighted by atomic mass is 10.0. The summed E-state index contributed by atoms with van der Waals surface area (Å²) in [4.78, 5) is 14.0. The average molecular weight is 558 g/mol. The molecule has 3 aromatic rings. The quantitative estimate of drug-likeness (QED) is 0.187. The zero-order valence-corrected chi connectivity index (χ0v) is 24.3. The van der Waals surface area contributed by atoms with Gasteiger partial charge in [0.1, 0.15) is 29.5 Å². The molecule has 1 aliphatic heterocycles. The van der Waals surface area contributed by atoms with Crippen molar-refractivity contribution < 1.29 is 32.3 Å². The van der Waals surface area contributed by atoms with E-state index in [1.807, 2.05) is 25.1 Å². The van der Waals surface area contributed by atoms with E-state index in [2.05, 4.69) is 6.58 Å². The number of benzene rings is 2. The van der Waals surface area contributed by atoms with E-state index in [9.17, 15) is 9.36 Å². The molecule has 0 saturated carbocycles. The second kappa shape index (κ2) is 11.5. The monoisotopic (exact) mass is 557 g/mol. The maximum Gasteiger partial charge on any atom is 0.531 e. The van der Waals surface area contributed by atoms with Gasteiger partial charge in [-0.25, -0.2) is 4.57 Å². The van der Waals surface area contributed by atoms with Crippen molar-refractivity contribution in [3.05, 3.63) is 64.7 Å². The molecule has 0 fully saturated rings. The van der Waals surface area contributed by atoms with E-state index < -0.39 is 13.4 Å². The van der Waals surface area contributed by atoms with Crippen LogP contribution in [-0.4, -0.2) is 30.5 Å². The predicted octanol–water partition coefficient (Wildman–Crippen LogP) is 6.85. The third kappa shape index (κ3) is 6.49. The summed E-state index contributed by atoms with van der Waals surface area (Å²) in [6, 6.07) is 9.09. The van der Waals surface area contributed by atoms with Gasteiger partial charge in [-0.05, 0) is 57.9 Å². The highest BCUT2D eigenvalue weighted by atomic mass is 31.2. The molecule has 4 rings (SSSR count). The second-order valence-electron chi connectivity index (χ2n) is 10.3. The minimum absolute atomic E-state index is 0.185. The molecule has 39 heavy (non-hydrogen) atoms. The van der Waals surface area contributed by atoms with Gasteiger partial charge < -0.3 is 23.3 Å². The van der Waals surface area contributed by atoms with Gasteiger partial charge in [0, 0.05) is 23.7 Å². The Morgan fingerprint density at radius 3 is 2.54 bits per heavy atom. The van der Waals surface area contributed by atoms with Gasteiger partial charge in [0.15, 0.2) is 0 Å². The number of methoxy groups -OCH3 is 1. The van der Waals surface area contributed by atoms with Gasteiger partial charge in [0.05, 0.1) is 37.1 Å². The summed E-state index contributed by atoms with van der Waals surface area (Å²) < 4.78 is 49.7. The molecule has 2 aromatic carbocycles. The maximum atomic E-state index is 14.0. The third-order valence-corrected chi connectivity index (χ3v) is 7.57. The van der Waals surface area contributed by atoms with Crippen LogP contribution in [0.4, 0.5) is 0 Å². The Balaban J connectivity index is 1.93. The average Bonchev–Trinajstić information content (AvgIpc) is 3.33. The van der Waals surface area contributed by atoms with Crippen LogP contribution in [0.5, 0.6) is 17.2 Å². The number of phosphoric acid groups is 1. The Morgan fingerprint density at radius 1 is 1.21 bits per heavy atom. The third-order valence-electron chi connectivity index (χ3n) is 5.83. The molecule has 10 heteroatoms. The molecule has 0 bridgehead atoms. The molecular weight excluding hydrogens is 521 g/mol. The van der Waals surface area contributed by atoms with Crippen LogP contribution in [0.1, 0.15) is 46.6 Å². The largest absolute Gasteiger partial charge is 0.531 e. The van der Waals surface area contributed by atoms with E-state index >= 15 is 0 Å². The maximum absolute atomic E-state index is 14.0. The number of hydrogen-bond donors (Lipinski definition) is 0. The van der Waals surface area contributed by atoms with Gasteiger partial charge >= 0.3 is 7.82 Å². The molecule has 1 unspecified atom stereocenters. The van der Waals surface area contributed by atoms with Crippen molar-refractivity contribution in [1.29, 1.82) is 0 Å². The number of allylic oxidation sites excluding steroid dienone is 1. The topological polar surface area (TPSA) is 94.5 Å². The number of ether oxygens (including phenoxy) is 3. The normalized spacial score (nSPS) is 14.4. The fourth-order valence-electron chi connectivity index (χ4n) is 4.34. The standard InChI is InChI=1S/C29H36NO8P/c1-8-14-34-24-16-21-13-15-35-28(21)25-26(24)30(18-36-39(32,37-19(2)3)38-29(4,5)6)17-23(27(25)31)20-9-11-22(33-7)12-10-20/h9-12,16-17H,2,8,13-15,18H2,1,3-7H3. The molecule has 1 aliphatic rings.